The molecule has 23 heavy (non-hydrogen) atoms. The number of ether oxygens (including phenoxy) is 1. The molecule has 3 atom stereocenters. The van der Waals surface area contributed by atoms with Crippen LogP contribution in [0.1, 0.15) is 62.6 Å². The average Bonchev–Trinajstić information content (AvgIpc) is 3.07. The summed E-state index contributed by atoms with van der Waals surface area (Å²) in [5, 5.41) is 3.70. The normalized spacial score (nSPS) is 27.0. The molecule has 3 heteroatoms. The molecule has 1 fully saturated rings. The van der Waals surface area contributed by atoms with E-state index in [9.17, 15) is 0 Å². The number of benzene rings is 1. The number of nitrogens with one attached hydrogen (secondary N) is 1. The SMILES string of the molecule is CC(C)(C)c1ccc2c(c1)C1OCCCC1C(c1ccco1)N2. The van der Waals surface area contributed by atoms with Crippen molar-refractivity contribution in [3.8, 4) is 0 Å². The first kappa shape index (κ1) is 14.8. The van der Waals surface area contributed by atoms with Gasteiger partial charge in [-0.15, -0.1) is 0 Å². The first-order chi connectivity index (χ1) is 11.0. The van der Waals surface area contributed by atoms with Gasteiger partial charge in [-0.1, -0.05) is 32.9 Å². The molecule has 0 bridgehead atoms. The molecule has 2 aromatic rings. The number of anilines is 1. The summed E-state index contributed by atoms with van der Waals surface area (Å²) < 4.78 is 11.9. The zero-order valence-electron chi connectivity index (χ0n) is 14.1. The van der Waals surface area contributed by atoms with E-state index in [1.165, 1.54) is 23.2 Å². The fourth-order valence-electron chi connectivity index (χ4n) is 3.89. The third kappa shape index (κ3) is 2.57. The summed E-state index contributed by atoms with van der Waals surface area (Å²) in [6.07, 6.45) is 4.21. The molecule has 1 N–H and O–H groups in total. The van der Waals surface area contributed by atoms with Crippen LogP contribution < -0.4 is 5.32 Å². The molecule has 0 amide bonds. The first-order valence-corrected chi connectivity index (χ1v) is 8.60. The number of fused-ring (bicyclic) bond motifs is 3. The summed E-state index contributed by atoms with van der Waals surface area (Å²) >= 11 is 0. The third-order valence-corrected chi connectivity index (χ3v) is 5.18. The third-order valence-electron chi connectivity index (χ3n) is 5.18. The summed E-state index contributed by atoms with van der Waals surface area (Å²) in [6.45, 7) is 7.63. The second-order valence-electron chi connectivity index (χ2n) is 7.79. The Bertz CT molecular complexity index is 684. The second kappa shape index (κ2) is 5.41. The lowest BCUT2D eigenvalue weighted by Crippen LogP contribution is -2.36. The van der Waals surface area contributed by atoms with Crippen molar-refractivity contribution in [2.45, 2.75) is 51.2 Å². The number of hydrogen-bond acceptors (Lipinski definition) is 3. The molecule has 0 saturated carbocycles. The molecular formula is C20H25NO2. The van der Waals surface area contributed by atoms with Gasteiger partial charge in [0.05, 0.1) is 18.4 Å². The molecule has 2 aliphatic rings. The van der Waals surface area contributed by atoms with Gasteiger partial charge in [-0.05, 0) is 42.0 Å². The highest BCUT2D eigenvalue weighted by Gasteiger charge is 2.41. The highest BCUT2D eigenvalue weighted by atomic mass is 16.5. The van der Waals surface area contributed by atoms with Crippen LogP contribution >= 0.6 is 0 Å². The molecule has 2 aliphatic heterocycles. The summed E-state index contributed by atoms with van der Waals surface area (Å²) in [5.74, 6) is 1.44. The van der Waals surface area contributed by atoms with Crippen molar-refractivity contribution in [3.05, 3.63) is 53.5 Å². The molecule has 0 spiro atoms. The van der Waals surface area contributed by atoms with E-state index in [1.807, 2.05) is 6.07 Å². The van der Waals surface area contributed by atoms with Crippen molar-refractivity contribution in [1.82, 2.24) is 0 Å². The molecule has 0 radical (unpaired) electrons. The number of furan rings is 1. The Hall–Kier alpha value is -1.74. The van der Waals surface area contributed by atoms with Crippen LogP contribution in [0.3, 0.4) is 0 Å². The average molecular weight is 311 g/mol. The Morgan fingerprint density at radius 1 is 1.17 bits per heavy atom. The maximum Gasteiger partial charge on any atom is 0.126 e. The maximum atomic E-state index is 6.22. The van der Waals surface area contributed by atoms with Crippen LogP contribution in [0.4, 0.5) is 5.69 Å². The lowest BCUT2D eigenvalue weighted by molar-refractivity contribution is -0.0401. The Balaban J connectivity index is 1.78. The van der Waals surface area contributed by atoms with Gasteiger partial charge in [-0.2, -0.15) is 0 Å². The largest absolute Gasteiger partial charge is 0.467 e. The monoisotopic (exact) mass is 311 g/mol. The molecule has 3 heterocycles. The summed E-state index contributed by atoms with van der Waals surface area (Å²) in [5.41, 5.74) is 4.01. The van der Waals surface area contributed by atoms with Gasteiger partial charge in [0, 0.05) is 23.8 Å². The Labute approximate surface area is 138 Å². The predicted molar refractivity (Wildman–Crippen MR) is 91.6 cm³/mol. The lowest BCUT2D eigenvalue weighted by Gasteiger charge is -2.42. The van der Waals surface area contributed by atoms with E-state index in [2.05, 4.69) is 50.4 Å². The Kier molecular flexibility index (Phi) is 3.49. The molecule has 0 aliphatic carbocycles. The first-order valence-electron chi connectivity index (χ1n) is 8.60. The quantitative estimate of drug-likeness (QED) is 0.785. The van der Waals surface area contributed by atoms with Crippen LogP contribution in [-0.4, -0.2) is 6.61 Å². The van der Waals surface area contributed by atoms with E-state index in [-0.39, 0.29) is 17.6 Å². The van der Waals surface area contributed by atoms with Crippen LogP contribution in [0.2, 0.25) is 0 Å². The van der Waals surface area contributed by atoms with Crippen LogP contribution in [0.15, 0.2) is 41.0 Å². The highest BCUT2D eigenvalue weighted by molar-refractivity contribution is 5.58. The lowest BCUT2D eigenvalue weighted by atomic mass is 9.77. The van der Waals surface area contributed by atoms with Crippen molar-refractivity contribution in [3.63, 3.8) is 0 Å². The fourth-order valence-corrected chi connectivity index (χ4v) is 3.89. The zero-order valence-corrected chi connectivity index (χ0v) is 14.1. The van der Waals surface area contributed by atoms with Crippen LogP contribution in [0, 0.1) is 5.92 Å². The van der Waals surface area contributed by atoms with Crippen LogP contribution in [-0.2, 0) is 10.2 Å². The van der Waals surface area contributed by atoms with Gasteiger partial charge >= 0.3 is 0 Å². The Morgan fingerprint density at radius 2 is 2.04 bits per heavy atom. The van der Waals surface area contributed by atoms with Crippen LogP contribution in [0.25, 0.3) is 0 Å². The minimum absolute atomic E-state index is 0.150. The minimum atomic E-state index is 0.150. The maximum absolute atomic E-state index is 6.22. The molecule has 3 unspecified atom stereocenters. The van der Waals surface area contributed by atoms with Crippen LogP contribution in [0.5, 0.6) is 0 Å². The zero-order chi connectivity index (χ0) is 16.0. The van der Waals surface area contributed by atoms with E-state index in [4.69, 9.17) is 9.15 Å². The molecule has 1 saturated heterocycles. The minimum Gasteiger partial charge on any atom is -0.467 e. The van der Waals surface area contributed by atoms with Gasteiger partial charge in [0.15, 0.2) is 0 Å². The van der Waals surface area contributed by atoms with Gasteiger partial charge in [0.2, 0.25) is 0 Å². The van der Waals surface area contributed by atoms with Crippen molar-refractivity contribution in [2.24, 2.45) is 5.92 Å². The second-order valence-corrected chi connectivity index (χ2v) is 7.79. The van der Waals surface area contributed by atoms with E-state index in [1.54, 1.807) is 6.26 Å². The number of rotatable bonds is 1. The van der Waals surface area contributed by atoms with Crippen molar-refractivity contribution in [1.29, 1.82) is 0 Å². The smallest absolute Gasteiger partial charge is 0.126 e. The topological polar surface area (TPSA) is 34.4 Å². The standard InChI is InChI=1S/C20H25NO2/c1-20(2,3)13-8-9-16-15(12-13)19-14(6-4-11-23-19)18(21-16)17-7-5-10-22-17/h5,7-10,12,14,18-19,21H,4,6,11H2,1-3H3. The number of hydrogen-bond donors (Lipinski definition) is 1. The van der Waals surface area contributed by atoms with E-state index in [0.29, 0.717) is 5.92 Å². The van der Waals surface area contributed by atoms with Crippen molar-refractivity contribution < 1.29 is 9.15 Å². The van der Waals surface area contributed by atoms with E-state index >= 15 is 0 Å². The van der Waals surface area contributed by atoms with Gasteiger partial charge < -0.3 is 14.5 Å². The molecule has 1 aromatic carbocycles. The van der Waals surface area contributed by atoms with Gasteiger partial charge in [-0.3, -0.25) is 0 Å². The van der Waals surface area contributed by atoms with Crippen molar-refractivity contribution >= 4 is 5.69 Å². The highest BCUT2D eigenvalue weighted by Crippen LogP contribution is 2.49. The molecular weight excluding hydrogens is 286 g/mol. The van der Waals surface area contributed by atoms with Gasteiger partial charge in [0.1, 0.15) is 5.76 Å². The van der Waals surface area contributed by atoms with E-state index in [0.717, 1.165) is 18.8 Å². The summed E-state index contributed by atoms with van der Waals surface area (Å²) in [4.78, 5) is 0. The molecule has 3 nitrogen and oxygen atoms in total. The Morgan fingerprint density at radius 3 is 2.78 bits per heavy atom. The van der Waals surface area contributed by atoms with Gasteiger partial charge in [0.25, 0.3) is 0 Å². The van der Waals surface area contributed by atoms with Crippen molar-refractivity contribution in [2.75, 3.05) is 11.9 Å². The summed E-state index contributed by atoms with van der Waals surface area (Å²) in [6, 6.07) is 11.0. The molecule has 4 rings (SSSR count). The summed E-state index contributed by atoms with van der Waals surface area (Å²) in [7, 11) is 0. The fraction of sp³-hybridized carbons (Fsp3) is 0.500. The van der Waals surface area contributed by atoms with E-state index < -0.39 is 0 Å². The molecule has 122 valence electrons. The molecule has 1 aromatic heterocycles. The van der Waals surface area contributed by atoms with Gasteiger partial charge in [-0.25, -0.2) is 0 Å². The predicted octanol–water partition coefficient (Wildman–Crippen LogP) is 5.21.